The van der Waals surface area contributed by atoms with Crippen molar-refractivity contribution < 1.29 is 10.2 Å². The number of benzene rings is 2. The lowest BCUT2D eigenvalue weighted by atomic mass is 9.86. The summed E-state index contributed by atoms with van der Waals surface area (Å²) in [6.45, 7) is 13.1. The Balaban J connectivity index is 2.05. The number of nitrogens with zero attached hydrogens (tertiary/aromatic N) is 1. The summed E-state index contributed by atoms with van der Waals surface area (Å²) in [7, 11) is 0. The quantitative estimate of drug-likeness (QED) is 0.363. The van der Waals surface area contributed by atoms with Crippen molar-refractivity contribution in [3.05, 3.63) is 113 Å². The first-order chi connectivity index (χ1) is 16.9. The Morgan fingerprint density at radius 2 is 1.69 bits per heavy atom. The summed E-state index contributed by atoms with van der Waals surface area (Å²) in [5.41, 5.74) is 7.91. The summed E-state index contributed by atoms with van der Waals surface area (Å²) >= 11 is 0. The Kier molecular flexibility index (Phi) is 9.89. The van der Waals surface area contributed by atoms with Gasteiger partial charge in [-0.25, -0.2) is 0 Å². The van der Waals surface area contributed by atoms with E-state index in [4.69, 9.17) is 0 Å². The molecule has 0 aliphatic carbocycles. The predicted octanol–water partition coefficient (Wildman–Crippen LogP) is 7.15. The number of hydrogen-bond acceptors (Lipinski definition) is 3. The van der Waals surface area contributed by atoms with Gasteiger partial charge in [0.2, 0.25) is 0 Å². The smallest absolute Gasteiger partial charge is 0.115 e. The van der Waals surface area contributed by atoms with E-state index in [2.05, 4.69) is 55.7 Å². The Morgan fingerprint density at radius 1 is 1.03 bits per heavy atom. The lowest BCUT2D eigenvalue weighted by Gasteiger charge is -2.29. The molecule has 35 heavy (non-hydrogen) atoms. The Bertz CT molecular complexity index is 1100. The summed E-state index contributed by atoms with van der Waals surface area (Å²) in [5.74, 6) is 0.242. The molecule has 3 rings (SSSR count). The Morgan fingerprint density at radius 3 is 2.23 bits per heavy atom. The minimum absolute atomic E-state index is 0.124. The number of rotatable bonds is 10. The zero-order valence-corrected chi connectivity index (χ0v) is 21.4. The molecule has 1 heterocycles. The van der Waals surface area contributed by atoms with E-state index in [1.807, 2.05) is 43.4 Å². The second kappa shape index (κ2) is 13.1. The number of aromatic hydroxyl groups is 1. The summed E-state index contributed by atoms with van der Waals surface area (Å²) in [6, 6.07) is 16.7. The number of hydrogen-bond donors (Lipinski definition) is 2. The van der Waals surface area contributed by atoms with Crippen LogP contribution >= 0.6 is 0 Å². The highest BCUT2D eigenvalue weighted by Crippen LogP contribution is 2.35. The van der Waals surface area contributed by atoms with Crippen LogP contribution < -0.4 is 0 Å². The van der Waals surface area contributed by atoms with Gasteiger partial charge in [0.1, 0.15) is 5.75 Å². The molecule has 0 amide bonds. The minimum Gasteiger partial charge on any atom is -0.508 e. The molecular formula is C32H39NO2. The van der Waals surface area contributed by atoms with Crippen molar-refractivity contribution in [3.63, 3.8) is 0 Å². The molecule has 184 valence electrons. The van der Waals surface area contributed by atoms with Crippen molar-refractivity contribution >= 4 is 11.1 Å². The van der Waals surface area contributed by atoms with Gasteiger partial charge in [0.25, 0.3) is 0 Å². The van der Waals surface area contributed by atoms with E-state index in [9.17, 15) is 10.2 Å². The SMILES string of the molecule is C=C(/C=C\C=C/C)/C(CCCO)=C(/c1ccc(O)cc1)c1ccc(C2=CCN(C(C)C)CC2)cc1. The molecule has 3 heteroatoms. The fourth-order valence-electron chi connectivity index (χ4n) is 4.50. The van der Waals surface area contributed by atoms with Crippen LogP contribution in [0, 0.1) is 0 Å². The summed E-state index contributed by atoms with van der Waals surface area (Å²) in [4.78, 5) is 2.49. The largest absolute Gasteiger partial charge is 0.508 e. The van der Waals surface area contributed by atoms with E-state index in [1.165, 1.54) is 11.1 Å². The predicted molar refractivity (Wildman–Crippen MR) is 149 cm³/mol. The zero-order chi connectivity index (χ0) is 25.2. The van der Waals surface area contributed by atoms with Gasteiger partial charge in [0.15, 0.2) is 0 Å². The third-order valence-corrected chi connectivity index (χ3v) is 6.55. The van der Waals surface area contributed by atoms with Crippen LogP contribution in [0.4, 0.5) is 0 Å². The van der Waals surface area contributed by atoms with E-state index in [-0.39, 0.29) is 12.4 Å². The fourth-order valence-corrected chi connectivity index (χ4v) is 4.50. The molecule has 0 spiro atoms. The topological polar surface area (TPSA) is 43.7 Å². The average Bonchev–Trinajstić information content (AvgIpc) is 2.87. The van der Waals surface area contributed by atoms with Crippen LogP contribution in [0.15, 0.2) is 96.6 Å². The lowest BCUT2D eigenvalue weighted by molar-refractivity contribution is 0.245. The monoisotopic (exact) mass is 469 g/mol. The highest BCUT2D eigenvalue weighted by atomic mass is 16.3. The molecule has 0 bridgehead atoms. The second-order valence-corrected chi connectivity index (χ2v) is 9.28. The third kappa shape index (κ3) is 7.17. The van der Waals surface area contributed by atoms with Crippen molar-refractivity contribution in [2.24, 2.45) is 0 Å². The van der Waals surface area contributed by atoms with Crippen LogP contribution in [0.5, 0.6) is 5.75 Å². The molecule has 0 unspecified atom stereocenters. The highest BCUT2D eigenvalue weighted by Gasteiger charge is 2.17. The second-order valence-electron chi connectivity index (χ2n) is 9.28. The molecule has 0 saturated carbocycles. The van der Waals surface area contributed by atoms with Gasteiger partial charge in [0.05, 0.1) is 0 Å². The molecule has 2 N–H and O–H groups in total. The molecule has 1 aliphatic rings. The molecule has 1 aliphatic heterocycles. The van der Waals surface area contributed by atoms with Crippen molar-refractivity contribution in [2.45, 2.75) is 46.1 Å². The first-order valence-corrected chi connectivity index (χ1v) is 12.6. The number of aliphatic hydroxyl groups is 1. The molecule has 0 aromatic heterocycles. The van der Waals surface area contributed by atoms with E-state index >= 15 is 0 Å². The summed E-state index contributed by atoms with van der Waals surface area (Å²) in [6.07, 6.45) is 12.8. The van der Waals surface area contributed by atoms with Gasteiger partial charge in [-0.3, -0.25) is 4.90 Å². The van der Waals surface area contributed by atoms with Crippen molar-refractivity contribution in [1.29, 1.82) is 0 Å². The molecule has 0 atom stereocenters. The molecule has 0 saturated heterocycles. The van der Waals surface area contributed by atoms with Gasteiger partial charge in [0, 0.05) is 25.7 Å². The molecule has 2 aromatic rings. The fraction of sp³-hybridized carbons (Fsp3) is 0.312. The van der Waals surface area contributed by atoms with Crippen LogP contribution in [-0.2, 0) is 0 Å². The maximum atomic E-state index is 9.88. The highest BCUT2D eigenvalue weighted by molar-refractivity contribution is 5.86. The zero-order valence-electron chi connectivity index (χ0n) is 21.4. The van der Waals surface area contributed by atoms with Gasteiger partial charge < -0.3 is 10.2 Å². The lowest BCUT2D eigenvalue weighted by Crippen LogP contribution is -2.34. The van der Waals surface area contributed by atoms with Crippen LogP contribution in [-0.4, -0.2) is 40.9 Å². The van der Waals surface area contributed by atoms with E-state index < -0.39 is 0 Å². The van der Waals surface area contributed by atoms with Crippen molar-refractivity contribution in [1.82, 2.24) is 4.90 Å². The van der Waals surface area contributed by atoms with Crippen LogP contribution in [0.2, 0.25) is 0 Å². The van der Waals surface area contributed by atoms with Gasteiger partial charge in [-0.2, -0.15) is 0 Å². The molecule has 3 nitrogen and oxygen atoms in total. The molecule has 0 fully saturated rings. The standard InChI is InChI=1S/C32H39NO2/c1-5-6-7-9-25(4)31(10-8-23-34)32(29-15-17-30(35)18-16-29)28-13-11-26(12-14-28)27-19-21-33(22-20-27)24(2)3/h5-7,9,11-19,24,34-35H,4,8,10,20-23H2,1-3H3/b6-5-,9-7-,32-31+. The van der Waals surface area contributed by atoms with Gasteiger partial charge in [-0.05, 0) is 91.1 Å². The average molecular weight is 470 g/mol. The number of allylic oxidation sites excluding steroid dienone is 6. The number of phenolic OH excluding ortho intramolecular Hbond substituents is 1. The van der Waals surface area contributed by atoms with Gasteiger partial charge >= 0.3 is 0 Å². The molecule has 2 aromatic carbocycles. The van der Waals surface area contributed by atoms with E-state index in [1.54, 1.807) is 12.1 Å². The van der Waals surface area contributed by atoms with Crippen LogP contribution in [0.1, 0.15) is 56.7 Å². The number of phenols is 1. The summed E-state index contributed by atoms with van der Waals surface area (Å²) < 4.78 is 0. The van der Waals surface area contributed by atoms with Gasteiger partial charge in [-0.15, -0.1) is 0 Å². The molecular weight excluding hydrogens is 430 g/mol. The normalized spacial score (nSPS) is 15.6. The van der Waals surface area contributed by atoms with Gasteiger partial charge in [-0.1, -0.05) is 73.4 Å². The van der Waals surface area contributed by atoms with Crippen molar-refractivity contribution in [3.8, 4) is 5.75 Å². The first-order valence-electron chi connectivity index (χ1n) is 12.6. The van der Waals surface area contributed by atoms with Crippen LogP contribution in [0.25, 0.3) is 11.1 Å². The third-order valence-electron chi connectivity index (χ3n) is 6.55. The minimum atomic E-state index is 0.124. The van der Waals surface area contributed by atoms with Crippen molar-refractivity contribution in [2.75, 3.05) is 19.7 Å². The Labute approximate surface area is 211 Å². The molecule has 0 radical (unpaired) electrons. The van der Waals surface area contributed by atoms with E-state index in [0.29, 0.717) is 18.9 Å². The first kappa shape index (κ1) is 26.5. The summed E-state index contributed by atoms with van der Waals surface area (Å²) in [5, 5.41) is 19.5. The van der Waals surface area contributed by atoms with Crippen LogP contribution in [0.3, 0.4) is 0 Å². The maximum Gasteiger partial charge on any atom is 0.115 e. The maximum absolute atomic E-state index is 9.88. The Hall–Kier alpha value is -3.14. The van der Waals surface area contributed by atoms with E-state index in [0.717, 1.165) is 47.4 Å². The number of aliphatic hydroxyl groups excluding tert-OH is 1.